The van der Waals surface area contributed by atoms with Gasteiger partial charge in [0.1, 0.15) is 12.6 Å². The molecule has 2 N–H and O–H groups in total. The van der Waals surface area contributed by atoms with Crippen LogP contribution in [-0.4, -0.2) is 85.1 Å². The maximum absolute atomic E-state index is 13.8. The average molecular weight is 610 g/mol. The van der Waals surface area contributed by atoms with Gasteiger partial charge in [0.15, 0.2) is 23.2 Å². The van der Waals surface area contributed by atoms with E-state index in [1.165, 1.54) is 24.3 Å². The van der Waals surface area contributed by atoms with Gasteiger partial charge in [-0.15, -0.1) is 0 Å². The molecule has 1 fully saturated rings. The van der Waals surface area contributed by atoms with Crippen LogP contribution in [0.3, 0.4) is 0 Å². The first-order valence-corrected chi connectivity index (χ1v) is 13.1. The van der Waals surface area contributed by atoms with Crippen LogP contribution < -0.4 is 10.1 Å². The molecule has 2 aromatic carbocycles. The molecule has 0 aromatic heterocycles. The number of piperazine rings is 1. The lowest BCUT2D eigenvalue weighted by atomic mass is 10.1. The van der Waals surface area contributed by atoms with Crippen molar-refractivity contribution in [3.8, 4) is 5.75 Å². The molecule has 40 heavy (non-hydrogen) atoms. The Kier molecular flexibility index (Phi) is 9.70. The van der Waals surface area contributed by atoms with Gasteiger partial charge in [-0.05, 0) is 24.3 Å². The number of hydrogen-bond acceptors (Lipinski definition) is 7. The van der Waals surface area contributed by atoms with Crippen molar-refractivity contribution in [1.82, 2.24) is 14.5 Å². The van der Waals surface area contributed by atoms with E-state index in [1.54, 1.807) is 0 Å². The standard InChI is InChI=1S/C23H20ClF4N3O8S/c24-12-1-3-13(4-2-12)40(37,38)31-6-5-30(19(34)10-31)9-18(33)29-16(8-20(35)36)17(32)11-39-23-21(27)14(25)7-15(26)22(23)28/h1-4,7,16H,5-6,8-11H2,(H,29,33)(H,35,36)/t16-/m0/s1. The predicted octanol–water partition coefficient (Wildman–Crippen LogP) is 1.34. The molecular formula is C23H20ClF4N3O8S. The van der Waals surface area contributed by atoms with Crippen LogP contribution in [0.25, 0.3) is 0 Å². The Balaban J connectivity index is 1.61. The van der Waals surface area contributed by atoms with E-state index < -0.39 is 94.8 Å². The van der Waals surface area contributed by atoms with Gasteiger partial charge in [0.25, 0.3) is 0 Å². The third-order valence-electron chi connectivity index (χ3n) is 5.60. The normalized spacial score (nSPS) is 15.0. The summed E-state index contributed by atoms with van der Waals surface area (Å²) in [7, 11) is -4.05. The van der Waals surface area contributed by atoms with Gasteiger partial charge in [-0.25, -0.2) is 17.2 Å². The zero-order valence-electron chi connectivity index (χ0n) is 20.2. The summed E-state index contributed by atoms with van der Waals surface area (Å²) in [6.07, 6.45) is -1.00. The number of carboxylic acid groups (broad SMARTS) is 1. The number of carbonyl (C=O) groups is 4. The molecule has 3 rings (SSSR count). The summed E-state index contributed by atoms with van der Waals surface area (Å²) in [5.41, 5.74) is 0. The Morgan fingerprint density at radius 3 is 2.20 bits per heavy atom. The molecule has 1 heterocycles. The highest BCUT2D eigenvalue weighted by Crippen LogP contribution is 2.26. The quantitative estimate of drug-likeness (QED) is 0.286. The van der Waals surface area contributed by atoms with Crippen LogP contribution in [0.5, 0.6) is 5.75 Å². The molecular weight excluding hydrogens is 590 g/mol. The molecule has 0 bridgehead atoms. The minimum atomic E-state index is -4.05. The highest BCUT2D eigenvalue weighted by atomic mass is 35.5. The number of ether oxygens (including phenoxy) is 1. The third kappa shape index (κ3) is 7.25. The smallest absolute Gasteiger partial charge is 0.305 e. The van der Waals surface area contributed by atoms with E-state index in [0.29, 0.717) is 5.02 Å². The summed E-state index contributed by atoms with van der Waals surface area (Å²) in [5.74, 6) is -13.6. The molecule has 0 spiro atoms. The van der Waals surface area contributed by atoms with E-state index in [2.05, 4.69) is 10.1 Å². The van der Waals surface area contributed by atoms with Gasteiger partial charge in [-0.1, -0.05) is 11.6 Å². The number of sulfonamides is 1. The number of ketones is 1. The first kappa shape index (κ1) is 30.8. The summed E-state index contributed by atoms with van der Waals surface area (Å²) in [5, 5.41) is 11.4. The number of nitrogens with one attached hydrogen (secondary N) is 1. The number of halogens is 5. The van der Waals surface area contributed by atoms with Crippen molar-refractivity contribution in [2.75, 3.05) is 32.8 Å². The molecule has 0 radical (unpaired) electrons. The largest absolute Gasteiger partial charge is 0.481 e. The molecule has 2 amide bonds. The molecule has 1 saturated heterocycles. The second-order valence-corrected chi connectivity index (χ2v) is 10.8. The van der Waals surface area contributed by atoms with Crippen molar-refractivity contribution in [3.05, 3.63) is 58.6 Å². The minimum absolute atomic E-state index is 0.0823. The monoisotopic (exact) mass is 609 g/mol. The molecule has 0 unspecified atom stereocenters. The van der Waals surface area contributed by atoms with E-state index in [1.807, 2.05) is 0 Å². The molecule has 1 aliphatic heterocycles. The number of carboxylic acids is 1. The lowest BCUT2D eigenvalue weighted by molar-refractivity contribution is -0.142. The number of rotatable bonds is 11. The molecule has 11 nitrogen and oxygen atoms in total. The Morgan fingerprint density at radius 1 is 1.05 bits per heavy atom. The second kappa shape index (κ2) is 12.6. The fourth-order valence-electron chi connectivity index (χ4n) is 3.57. The lowest BCUT2D eigenvalue weighted by Crippen LogP contribution is -2.55. The molecule has 2 aromatic rings. The maximum Gasteiger partial charge on any atom is 0.305 e. The molecule has 1 aliphatic rings. The summed E-state index contributed by atoms with van der Waals surface area (Å²) in [6, 6.07) is 3.36. The highest BCUT2D eigenvalue weighted by Gasteiger charge is 2.34. The number of benzene rings is 2. The molecule has 0 aliphatic carbocycles. The number of carbonyl (C=O) groups excluding carboxylic acids is 3. The number of amides is 2. The Bertz CT molecular complexity index is 1420. The van der Waals surface area contributed by atoms with Crippen molar-refractivity contribution in [3.63, 3.8) is 0 Å². The zero-order valence-corrected chi connectivity index (χ0v) is 21.8. The molecule has 1 atom stereocenters. The van der Waals surface area contributed by atoms with Crippen LogP contribution in [0.4, 0.5) is 17.6 Å². The van der Waals surface area contributed by atoms with E-state index >= 15 is 0 Å². The van der Waals surface area contributed by atoms with Crippen LogP contribution in [0.1, 0.15) is 6.42 Å². The number of aliphatic carboxylic acids is 1. The van der Waals surface area contributed by atoms with Crippen molar-refractivity contribution in [2.24, 2.45) is 0 Å². The van der Waals surface area contributed by atoms with Crippen LogP contribution in [-0.2, 0) is 29.2 Å². The van der Waals surface area contributed by atoms with Crippen molar-refractivity contribution in [2.45, 2.75) is 17.4 Å². The second-order valence-electron chi connectivity index (χ2n) is 8.38. The Morgan fingerprint density at radius 2 is 1.65 bits per heavy atom. The zero-order chi connectivity index (χ0) is 29.8. The topological polar surface area (TPSA) is 150 Å². The maximum atomic E-state index is 13.8. The fourth-order valence-corrected chi connectivity index (χ4v) is 5.08. The average Bonchev–Trinajstić information content (AvgIpc) is 2.88. The van der Waals surface area contributed by atoms with Crippen LogP contribution in [0.15, 0.2) is 35.2 Å². The summed E-state index contributed by atoms with van der Waals surface area (Å²) < 4.78 is 85.2. The van der Waals surface area contributed by atoms with Crippen molar-refractivity contribution >= 4 is 45.2 Å². The summed E-state index contributed by atoms with van der Waals surface area (Å²) >= 11 is 5.77. The van der Waals surface area contributed by atoms with E-state index in [-0.39, 0.29) is 24.1 Å². The summed E-state index contributed by atoms with van der Waals surface area (Å²) in [4.78, 5) is 49.6. The van der Waals surface area contributed by atoms with Crippen molar-refractivity contribution < 1.29 is 55.0 Å². The lowest BCUT2D eigenvalue weighted by Gasteiger charge is -2.33. The highest BCUT2D eigenvalue weighted by molar-refractivity contribution is 7.89. The SMILES string of the molecule is O=C(O)C[C@H](NC(=O)CN1CCN(S(=O)(=O)c2ccc(Cl)cc2)CC1=O)C(=O)COc1c(F)c(F)cc(F)c1F. The van der Waals surface area contributed by atoms with Gasteiger partial charge < -0.3 is 20.1 Å². The molecule has 17 heteroatoms. The van der Waals surface area contributed by atoms with E-state index in [9.17, 15) is 45.2 Å². The predicted molar refractivity (Wildman–Crippen MR) is 128 cm³/mol. The van der Waals surface area contributed by atoms with Crippen LogP contribution in [0, 0.1) is 23.3 Å². The van der Waals surface area contributed by atoms with E-state index in [0.717, 1.165) is 9.21 Å². The van der Waals surface area contributed by atoms with Gasteiger partial charge in [0.2, 0.25) is 33.5 Å². The van der Waals surface area contributed by atoms with Gasteiger partial charge in [0.05, 0.1) is 24.4 Å². The molecule has 216 valence electrons. The Hall–Kier alpha value is -3.76. The van der Waals surface area contributed by atoms with Crippen LogP contribution in [0.2, 0.25) is 5.02 Å². The summed E-state index contributed by atoms with van der Waals surface area (Å²) in [6.45, 7) is -2.96. The van der Waals surface area contributed by atoms with Gasteiger partial charge in [-0.2, -0.15) is 13.1 Å². The van der Waals surface area contributed by atoms with Crippen LogP contribution >= 0.6 is 11.6 Å². The fraction of sp³-hybridized carbons (Fsp3) is 0.304. The van der Waals surface area contributed by atoms with Gasteiger partial charge in [0, 0.05) is 24.2 Å². The van der Waals surface area contributed by atoms with E-state index in [4.69, 9.17) is 16.7 Å². The molecule has 0 saturated carbocycles. The minimum Gasteiger partial charge on any atom is -0.481 e. The first-order valence-electron chi connectivity index (χ1n) is 11.2. The van der Waals surface area contributed by atoms with Gasteiger partial charge >= 0.3 is 5.97 Å². The first-order chi connectivity index (χ1) is 18.7. The third-order valence-corrected chi connectivity index (χ3v) is 7.71. The van der Waals surface area contributed by atoms with Gasteiger partial charge in [-0.3, -0.25) is 19.2 Å². The number of nitrogens with zero attached hydrogens (tertiary/aromatic N) is 2. The van der Waals surface area contributed by atoms with Crippen molar-refractivity contribution in [1.29, 1.82) is 0 Å². The number of Topliss-reactive ketones (excluding diaryl/α,β-unsaturated/α-hetero) is 1. The number of hydrogen-bond donors (Lipinski definition) is 2. The Labute approximate surface area is 229 Å².